The predicted molar refractivity (Wildman–Crippen MR) is 232 cm³/mol. The van der Waals surface area contributed by atoms with Crippen LogP contribution in [0.4, 0.5) is 0 Å². The van der Waals surface area contributed by atoms with Gasteiger partial charge in [0.1, 0.15) is 24.2 Å². The van der Waals surface area contributed by atoms with Crippen LogP contribution in [0, 0.1) is 5.92 Å². The molecule has 0 radical (unpaired) electrons. The van der Waals surface area contributed by atoms with E-state index in [0.717, 1.165) is 44.9 Å². The Bertz CT molecular complexity index is 1020. The highest BCUT2D eigenvalue weighted by atomic mass is 16.6. The lowest BCUT2D eigenvalue weighted by atomic mass is 9.79. The number of rotatable bonds is 39. The Balaban J connectivity index is 2.72. The number of hydrogen-bond donors (Lipinski definition) is 6. The second-order valence-corrected chi connectivity index (χ2v) is 17.1. The van der Waals surface area contributed by atoms with Crippen molar-refractivity contribution in [1.82, 2.24) is 4.90 Å². The summed E-state index contributed by atoms with van der Waals surface area (Å²) in [6.07, 6.45) is 32.5. The van der Waals surface area contributed by atoms with Crippen LogP contribution in [0.1, 0.15) is 219 Å². The monoisotopic (exact) mass is 811 g/mol. The summed E-state index contributed by atoms with van der Waals surface area (Å²) < 4.78 is 6.00. The summed E-state index contributed by atoms with van der Waals surface area (Å²) in [4.78, 5) is 41.4. The van der Waals surface area contributed by atoms with Gasteiger partial charge >= 0.3 is 0 Å². The van der Waals surface area contributed by atoms with Gasteiger partial charge < -0.3 is 36.4 Å². The number of nitrogens with two attached hydrogens (primary N) is 3. The number of carbonyl (C=O) groups is 3. The summed E-state index contributed by atoms with van der Waals surface area (Å²) in [5.74, 6) is -6.04. The topological polar surface area (TPSA) is 202 Å². The first-order chi connectivity index (χ1) is 27.6. The van der Waals surface area contributed by atoms with Gasteiger partial charge in [0.2, 0.25) is 11.8 Å². The van der Waals surface area contributed by atoms with Crippen molar-refractivity contribution in [2.24, 2.45) is 23.1 Å². The van der Waals surface area contributed by atoms with Crippen molar-refractivity contribution >= 4 is 17.5 Å². The zero-order valence-electron chi connectivity index (χ0n) is 36.8. The van der Waals surface area contributed by atoms with Gasteiger partial charge in [0, 0.05) is 13.0 Å². The third-order valence-electron chi connectivity index (χ3n) is 12.2. The van der Waals surface area contributed by atoms with Crippen molar-refractivity contribution in [3.05, 3.63) is 0 Å². The molecule has 1 rings (SSSR count). The van der Waals surface area contributed by atoms with Gasteiger partial charge in [-0.3, -0.25) is 20.1 Å². The first kappa shape index (κ1) is 53.5. The largest absolute Gasteiger partial charge is 0.394 e. The molecule has 0 aromatic heterocycles. The minimum Gasteiger partial charge on any atom is -0.394 e. The van der Waals surface area contributed by atoms with Crippen molar-refractivity contribution in [1.29, 1.82) is 0 Å². The SMILES string of the molecule is CCCCCCCCCCCCCCCCCCN(C(=O)CCCCCCCCCCCCCCCCC)[C@]1(N)O[C@H](CO)[C@@H](O)[C@H](O)[C@H]1C(=O)C(N)C(=O)CN. The highest BCUT2D eigenvalue weighted by molar-refractivity contribution is 6.08. The molecule has 1 heterocycles. The summed E-state index contributed by atoms with van der Waals surface area (Å²) in [7, 11) is 0. The molecule has 1 aliphatic rings. The van der Waals surface area contributed by atoms with Crippen LogP contribution < -0.4 is 17.2 Å². The predicted octanol–water partition coefficient (Wildman–Crippen LogP) is 8.10. The van der Waals surface area contributed by atoms with Gasteiger partial charge in [-0.05, 0) is 12.8 Å². The Kier molecular flexibility index (Phi) is 32.2. The molecule has 1 aliphatic heterocycles. The highest BCUT2D eigenvalue weighted by Gasteiger charge is 2.59. The minimum atomic E-state index is -2.24. The Morgan fingerprint density at radius 1 is 0.596 bits per heavy atom. The average molecular weight is 811 g/mol. The van der Waals surface area contributed by atoms with Crippen molar-refractivity contribution in [3.8, 4) is 0 Å². The standard InChI is InChI=1S/C46H90N4O7/c1-3-5-7-9-11-13-15-17-19-21-23-25-27-29-31-33-35-50(40(53)34-32-30-28-26-24-22-20-18-16-14-12-10-8-6-4-2)46(49)41(44(55)42(48)38(52)36-47)45(56)43(54)39(37-51)57-46/h39,41-43,45,51,54,56H,3-37,47-49H2,1-2H3/t39-,41-,42?,43-,45-,46+/m1/s1. The first-order valence-corrected chi connectivity index (χ1v) is 23.9. The van der Waals surface area contributed by atoms with E-state index in [1.54, 1.807) is 0 Å². The highest BCUT2D eigenvalue weighted by Crippen LogP contribution is 2.36. The van der Waals surface area contributed by atoms with Crippen LogP contribution in [0.2, 0.25) is 0 Å². The zero-order chi connectivity index (χ0) is 42.2. The molecule has 0 saturated carbocycles. The van der Waals surface area contributed by atoms with Crippen LogP contribution in [-0.4, -0.2) is 87.6 Å². The number of unbranched alkanes of at least 4 members (excludes halogenated alkanes) is 29. The second-order valence-electron chi connectivity index (χ2n) is 17.1. The molecule has 1 amide bonds. The molecule has 0 spiro atoms. The molecule has 11 heteroatoms. The van der Waals surface area contributed by atoms with Crippen molar-refractivity contribution in [2.45, 2.75) is 250 Å². The number of Topliss-reactive ketones (excluding diaryl/α,β-unsaturated/α-hetero) is 2. The number of nitrogens with zero attached hydrogens (tertiary/aromatic N) is 1. The number of aliphatic hydroxyl groups excluding tert-OH is 3. The van der Waals surface area contributed by atoms with Crippen LogP contribution in [0.25, 0.3) is 0 Å². The fourth-order valence-electron chi connectivity index (χ4n) is 8.37. The van der Waals surface area contributed by atoms with E-state index >= 15 is 0 Å². The fourth-order valence-corrected chi connectivity index (χ4v) is 8.37. The van der Waals surface area contributed by atoms with Crippen molar-refractivity contribution < 1.29 is 34.4 Å². The molecule has 0 bridgehead atoms. The lowest BCUT2D eigenvalue weighted by Gasteiger charge is -2.53. The molecule has 6 atom stereocenters. The summed E-state index contributed by atoms with van der Waals surface area (Å²) in [6, 6.07) is -1.72. The van der Waals surface area contributed by atoms with E-state index in [-0.39, 0.29) is 18.9 Å². The van der Waals surface area contributed by atoms with Gasteiger partial charge in [0.25, 0.3) is 0 Å². The van der Waals surface area contributed by atoms with Gasteiger partial charge in [-0.2, -0.15) is 0 Å². The Labute approximate surface area is 348 Å². The average Bonchev–Trinajstić information content (AvgIpc) is 3.21. The number of aliphatic hydroxyl groups is 3. The summed E-state index contributed by atoms with van der Waals surface area (Å²) in [6.45, 7) is 3.45. The van der Waals surface area contributed by atoms with Gasteiger partial charge in [0.05, 0.1) is 19.3 Å². The zero-order valence-corrected chi connectivity index (χ0v) is 36.8. The summed E-state index contributed by atoms with van der Waals surface area (Å²) in [5.41, 5.74) is 18.3. The third-order valence-corrected chi connectivity index (χ3v) is 12.2. The van der Waals surface area contributed by atoms with Gasteiger partial charge in [0.15, 0.2) is 11.6 Å². The maximum Gasteiger partial charge on any atom is 0.225 e. The number of hydrogen-bond acceptors (Lipinski definition) is 10. The smallest absolute Gasteiger partial charge is 0.225 e. The van der Waals surface area contributed by atoms with Crippen LogP contribution in [0.3, 0.4) is 0 Å². The molecular formula is C46H90N4O7. The molecule has 9 N–H and O–H groups in total. The van der Waals surface area contributed by atoms with Gasteiger partial charge in [-0.25, -0.2) is 0 Å². The maximum atomic E-state index is 14.0. The molecule has 336 valence electrons. The lowest BCUT2D eigenvalue weighted by molar-refractivity contribution is -0.291. The Hall–Kier alpha value is -1.47. The van der Waals surface area contributed by atoms with Crippen molar-refractivity contribution in [3.63, 3.8) is 0 Å². The van der Waals surface area contributed by atoms with Crippen LogP contribution in [0.15, 0.2) is 0 Å². The van der Waals surface area contributed by atoms with E-state index in [2.05, 4.69) is 13.8 Å². The van der Waals surface area contributed by atoms with E-state index in [9.17, 15) is 29.7 Å². The van der Waals surface area contributed by atoms with E-state index in [0.29, 0.717) is 12.8 Å². The quantitative estimate of drug-likeness (QED) is 0.0200. The molecule has 57 heavy (non-hydrogen) atoms. The van der Waals surface area contributed by atoms with Crippen molar-refractivity contribution in [2.75, 3.05) is 19.7 Å². The Morgan fingerprint density at radius 3 is 1.30 bits per heavy atom. The van der Waals surface area contributed by atoms with E-state index in [1.165, 1.54) is 146 Å². The summed E-state index contributed by atoms with van der Waals surface area (Å²) >= 11 is 0. The number of amides is 1. The lowest BCUT2D eigenvalue weighted by Crippen LogP contribution is -2.76. The fraction of sp³-hybridized carbons (Fsp3) is 0.935. The molecule has 1 fully saturated rings. The molecule has 11 nitrogen and oxygen atoms in total. The van der Waals surface area contributed by atoms with Crippen LogP contribution in [0.5, 0.6) is 0 Å². The molecule has 0 aliphatic carbocycles. The number of carbonyl (C=O) groups excluding carboxylic acids is 3. The number of ketones is 2. The molecule has 0 aromatic rings. The van der Waals surface area contributed by atoms with E-state index < -0.39 is 60.8 Å². The first-order valence-electron chi connectivity index (χ1n) is 23.9. The molecule has 1 saturated heterocycles. The molecule has 1 unspecified atom stereocenters. The maximum absolute atomic E-state index is 14.0. The molecular weight excluding hydrogens is 721 g/mol. The Morgan fingerprint density at radius 2 is 0.947 bits per heavy atom. The van der Waals surface area contributed by atoms with Crippen LogP contribution >= 0.6 is 0 Å². The normalized spacial score (nSPS) is 21.5. The third kappa shape index (κ3) is 22.1. The van der Waals surface area contributed by atoms with Gasteiger partial charge in [-0.1, -0.05) is 200 Å². The summed E-state index contributed by atoms with van der Waals surface area (Å²) in [5, 5.41) is 32.0. The molecule has 0 aromatic carbocycles. The van der Waals surface area contributed by atoms with Gasteiger partial charge in [-0.15, -0.1) is 0 Å². The number of ether oxygens (including phenoxy) is 1. The van der Waals surface area contributed by atoms with Crippen LogP contribution in [-0.2, 0) is 19.1 Å². The van der Waals surface area contributed by atoms with E-state index in [4.69, 9.17) is 21.9 Å². The van der Waals surface area contributed by atoms with E-state index in [1.807, 2.05) is 0 Å². The second kappa shape index (κ2) is 34.3. The minimum absolute atomic E-state index is 0.150.